The quantitative estimate of drug-likeness (QED) is 0.0714. The highest BCUT2D eigenvalue weighted by atomic mass is 16.4. The Bertz CT molecular complexity index is 420. The van der Waals surface area contributed by atoms with Crippen LogP contribution in [0.2, 0.25) is 0 Å². The maximum Gasteiger partial charge on any atom is 0.0786 e. The molecule has 0 aliphatic carbocycles. The Balaban J connectivity index is 4.21. The van der Waals surface area contributed by atoms with Gasteiger partial charge < -0.3 is 14.4 Å². The number of hydrogen-bond donors (Lipinski definition) is 0. The maximum atomic E-state index is 10.4. The van der Waals surface area contributed by atoms with E-state index in [0.29, 0.717) is 0 Å². The second-order valence-corrected chi connectivity index (χ2v) is 11.8. The predicted molar refractivity (Wildman–Crippen MR) is 157 cm³/mol. The molecule has 0 fully saturated rings. The normalized spacial score (nSPS) is 11.9. The molecule has 0 aliphatic rings. The molecule has 0 saturated heterocycles. The number of rotatable bonds is 30. The van der Waals surface area contributed by atoms with Crippen LogP contribution in [0, 0.1) is 0 Å². The highest BCUT2D eigenvalue weighted by Crippen LogP contribution is 2.20. The van der Waals surface area contributed by atoms with Crippen molar-refractivity contribution in [1.82, 2.24) is 0 Å². The summed E-state index contributed by atoms with van der Waals surface area (Å²) in [5, 5.41) is 10.4. The van der Waals surface area contributed by atoms with Crippen molar-refractivity contribution in [1.29, 1.82) is 0 Å². The van der Waals surface area contributed by atoms with Crippen LogP contribution < -0.4 is 5.11 Å². The summed E-state index contributed by atoms with van der Waals surface area (Å²) in [7, 11) is 0. The van der Waals surface area contributed by atoms with Crippen molar-refractivity contribution >= 4 is 5.97 Å². The molecule has 0 heterocycles. The summed E-state index contributed by atoms with van der Waals surface area (Å²) in [6.45, 7) is 12.7. The van der Waals surface area contributed by atoms with Gasteiger partial charge in [0.2, 0.25) is 0 Å². The first kappa shape index (κ1) is 35.4. The lowest BCUT2D eigenvalue weighted by Crippen LogP contribution is -2.50. The average molecular weight is 510 g/mol. The van der Waals surface area contributed by atoms with Crippen molar-refractivity contribution in [2.45, 2.75) is 181 Å². The number of carboxylic acid groups (broad SMARTS) is 1. The van der Waals surface area contributed by atoms with E-state index in [-0.39, 0.29) is 6.42 Å². The number of carbonyl (C=O) groups excluding carboxylic acids is 1. The molecule has 0 saturated carbocycles. The van der Waals surface area contributed by atoms with E-state index in [1.165, 1.54) is 172 Å². The summed E-state index contributed by atoms with van der Waals surface area (Å²) in [6.07, 6.45) is 32.5. The predicted octanol–water partition coefficient (Wildman–Crippen LogP) is 9.37. The van der Waals surface area contributed by atoms with Crippen LogP contribution in [0.25, 0.3) is 0 Å². The first-order valence-electron chi connectivity index (χ1n) is 16.6. The van der Waals surface area contributed by atoms with Crippen molar-refractivity contribution in [2.75, 3.05) is 26.2 Å². The van der Waals surface area contributed by atoms with Gasteiger partial charge in [0.05, 0.1) is 26.2 Å². The highest BCUT2D eigenvalue weighted by Gasteiger charge is 2.25. The molecule has 0 aromatic heterocycles. The van der Waals surface area contributed by atoms with Gasteiger partial charge in [-0.05, 0) is 64.2 Å². The van der Waals surface area contributed by atoms with Crippen LogP contribution in [0.5, 0.6) is 0 Å². The third kappa shape index (κ3) is 23.8. The third-order valence-corrected chi connectivity index (χ3v) is 8.22. The van der Waals surface area contributed by atoms with Gasteiger partial charge in [-0.15, -0.1) is 0 Å². The van der Waals surface area contributed by atoms with Crippen LogP contribution in [-0.2, 0) is 4.79 Å². The minimum Gasteiger partial charge on any atom is -0.550 e. The standard InChI is InChI=1S/C33H67NO2/c1-4-7-10-24-29-34(30-25-11-8-5-2,31-26-12-9-6-3)32-27-22-20-18-16-14-13-15-17-19-21-23-28-33(35)36/h4-32H2,1-3H3. The van der Waals surface area contributed by atoms with Gasteiger partial charge >= 0.3 is 0 Å². The number of unbranched alkanes of at least 4 members (excludes halogenated alkanes) is 20. The van der Waals surface area contributed by atoms with Crippen molar-refractivity contribution in [3.63, 3.8) is 0 Å². The van der Waals surface area contributed by atoms with Gasteiger partial charge in [0.1, 0.15) is 0 Å². The monoisotopic (exact) mass is 510 g/mol. The SMILES string of the molecule is CCCCCC[N+](CCCCCC)(CCCCCC)CCCCCCCCCCCCCCC(=O)[O-]. The van der Waals surface area contributed by atoms with Gasteiger partial charge in [0.25, 0.3) is 0 Å². The number of carboxylic acids is 1. The minimum atomic E-state index is -0.898. The van der Waals surface area contributed by atoms with Crippen LogP contribution in [-0.4, -0.2) is 36.6 Å². The van der Waals surface area contributed by atoms with Gasteiger partial charge in [0.15, 0.2) is 0 Å². The molecule has 0 atom stereocenters. The Hall–Kier alpha value is -0.570. The van der Waals surface area contributed by atoms with Crippen LogP contribution in [0.15, 0.2) is 0 Å². The molecule has 36 heavy (non-hydrogen) atoms. The van der Waals surface area contributed by atoms with Crippen molar-refractivity contribution in [3.05, 3.63) is 0 Å². The van der Waals surface area contributed by atoms with E-state index < -0.39 is 5.97 Å². The molecule has 0 bridgehead atoms. The summed E-state index contributed by atoms with van der Waals surface area (Å²) in [5.41, 5.74) is 0. The molecule has 0 rings (SSSR count). The van der Waals surface area contributed by atoms with E-state index in [1.807, 2.05) is 0 Å². The Kier molecular flexibility index (Phi) is 27.0. The van der Waals surface area contributed by atoms with E-state index in [2.05, 4.69) is 20.8 Å². The van der Waals surface area contributed by atoms with Crippen LogP contribution in [0.1, 0.15) is 181 Å². The zero-order valence-electron chi connectivity index (χ0n) is 25.3. The van der Waals surface area contributed by atoms with Crippen molar-refractivity contribution < 1.29 is 14.4 Å². The molecule has 216 valence electrons. The lowest BCUT2D eigenvalue weighted by Gasteiger charge is -2.39. The smallest absolute Gasteiger partial charge is 0.0786 e. The first-order valence-corrected chi connectivity index (χ1v) is 16.6. The summed E-state index contributed by atoms with van der Waals surface area (Å²) >= 11 is 0. The number of aliphatic carboxylic acids is 1. The molecular formula is C33H67NO2. The molecule has 0 aliphatic heterocycles. The zero-order valence-corrected chi connectivity index (χ0v) is 25.3. The molecule has 3 nitrogen and oxygen atoms in total. The van der Waals surface area contributed by atoms with Crippen molar-refractivity contribution in [3.8, 4) is 0 Å². The fraction of sp³-hybridized carbons (Fsp3) is 0.970. The fourth-order valence-electron chi connectivity index (χ4n) is 5.78. The van der Waals surface area contributed by atoms with Gasteiger partial charge in [-0.25, -0.2) is 0 Å². The Morgan fingerprint density at radius 1 is 0.417 bits per heavy atom. The van der Waals surface area contributed by atoms with Gasteiger partial charge in [0, 0.05) is 5.97 Å². The van der Waals surface area contributed by atoms with E-state index in [9.17, 15) is 9.90 Å². The summed E-state index contributed by atoms with van der Waals surface area (Å²) in [6, 6.07) is 0. The average Bonchev–Trinajstić information content (AvgIpc) is 2.87. The zero-order chi connectivity index (χ0) is 26.6. The van der Waals surface area contributed by atoms with Crippen LogP contribution in [0.3, 0.4) is 0 Å². The second kappa shape index (κ2) is 27.5. The second-order valence-electron chi connectivity index (χ2n) is 11.8. The van der Waals surface area contributed by atoms with Gasteiger partial charge in [-0.1, -0.05) is 117 Å². The number of carbonyl (C=O) groups is 1. The molecule has 0 aromatic rings. The summed E-state index contributed by atoms with van der Waals surface area (Å²) in [5.74, 6) is -0.898. The van der Waals surface area contributed by atoms with Crippen LogP contribution in [0.4, 0.5) is 0 Å². The molecular weight excluding hydrogens is 442 g/mol. The number of nitrogens with zero attached hydrogens (tertiary/aromatic N) is 1. The Morgan fingerprint density at radius 2 is 0.667 bits per heavy atom. The third-order valence-electron chi connectivity index (χ3n) is 8.22. The fourth-order valence-corrected chi connectivity index (χ4v) is 5.78. The Morgan fingerprint density at radius 3 is 0.944 bits per heavy atom. The number of quaternary nitrogens is 1. The molecule has 0 radical (unpaired) electrons. The molecule has 3 heteroatoms. The largest absolute Gasteiger partial charge is 0.550 e. The van der Waals surface area contributed by atoms with Gasteiger partial charge in [-0.3, -0.25) is 0 Å². The molecule has 0 spiro atoms. The lowest BCUT2D eigenvalue weighted by molar-refractivity contribution is -0.929. The Labute approximate surface area is 227 Å². The summed E-state index contributed by atoms with van der Waals surface area (Å²) in [4.78, 5) is 10.4. The highest BCUT2D eigenvalue weighted by molar-refractivity contribution is 5.64. The molecule has 0 N–H and O–H groups in total. The summed E-state index contributed by atoms with van der Waals surface area (Å²) < 4.78 is 1.43. The van der Waals surface area contributed by atoms with E-state index in [4.69, 9.17) is 0 Å². The molecule has 0 amide bonds. The minimum absolute atomic E-state index is 0.233. The molecule has 0 unspecified atom stereocenters. The van der Waals surface area contributed by atoms with E-state index in [0.717, 1.165) is 12.8 Å². The first-order chi connectivity index (χ1) is 17.6. The van der Waals surface area contributed by atoms with Gasteiger partial charge in [-0.2, -0.15) is 0 Å². The van der Waals surface area contributed by atoms with E-state index in [1.54, 1.807) is 0 Å². The lowest BCUT2D eigenvalue weighted by atomic mass is 10.0. The van der Waals surface area contributed by atoms with Crippen molar-refractivity contribution in [2.24, 2.45) is 0 Å². The molecule has 0 aromatic carbocycles. The van der Waals surface area contributed by atoms with Crippen LogP contribution >= 0.6 is 0 Å². The maximum absolute atomic E-state index is 10.4. The number of hydrogen-bond acceptors (Lipinski definition) is 2. The van der Waals surface area contributed by atoms with E-state index >= 15 is 0 Å². The topological polar surface area (TPSA) is 40.1 Å².